The number of ether oxygens (including phenoxy) is 1. The Hall–Kier alpha value is -3.96. The number of benzene rings is 3. The number of fused-ring (bicyclic) bond motifs is 1. The SMILES string of the molecule is CS(=O)(=O)N(CCO)c1cc2oc(-c3ccc(Oc4ccc(F)cc4F)cc3)c(C(=O)O)c2cc1C1CC1. The van der Waals surface area contributed by atoms with Crippen LogP contribution in [0.2, 0.25) is 0 Å². The molecule has 2 N–H and O–H groups in total. The number of hydrogen-bond donors (Lipinski definition) is 2. The normalized spacial score (nSPS) is 13.6. The average molecular weight is 544 g/mol. The van der Waals surface area contributed by atoms with Gasteiger partial charge in [-0.05, 0) is 66.8 Å². The number of aliphatic hydroxyl groups is 1. The van der Waals surface area contributed by atoms with Gasteiger partial charge in [0.2, 0.25) is 10.0 Å². The molecule has 4 aromatic rings. The molecule has 38 heavy (non-hydrogen) atoms. The second-order valence-corrected chi connectivity index (χ2v) is 11.0. The van der Waals surface area contributed by atoms with E-state index in [0.29, 0.717) is 28.3 Å². The molecule has 1 saturated carbocycles. The van der Waals surface area contributed by atoms with Crippen molar-refractivity contribution in [2.45, 2.75) is 18.8 Å². The molecule has 0 atom stereocenters. The number of halogens is 2. The first-order valence-electron chi connectivity index (χ1n) is 11.7. The minimum Gasteiger partial charge on any atom is -0.478 e. The lowest BCUT2D eigenvalue weighted by atomic mass is 10.0. The molecule has 198 valence electrons. The maximum atomic E-state index is 13.9. The summed E-state index contributed by atoms with van der Waals surface area (Å²) in [6, 6.07) is 12.1. The van der Waals surface area contributed by atoms with E-state index in [9.17, 15) is 32.2 Å². The molecule has 1 aliphatic carbocycles. The molecule has 1 aliphatic rings. The number of aromatic carboxylic acids is 1. The first-order chi connectivity index (χ1) is 18.1. The molecule has 0 unspecified atom stereocenters. The Balaban J connectivity index is 1.58. The predicted octanol–water partition coefficient (Wildman–Crippen LogP) is 5.50. The lowest BCUT2D eigenvalue weighted by molar-refractivity contribution is 0.0699. The van der Waals surface area contributed by atoms with E-state index < -0.39 is 34.2 Å². The number of furan rings is 1. The van der Waals surface area contributed by atoms with E-state index in [1.54, 1.807) is 6.07 Å². The van der Waals surface area contributed by atoms with Gasteiger partial charge in [0.25, 0.3) is 0 Å². The Morgan fingerprint density at radius 1 is 1.11 bits per heavy atom. The maximum absolute atomic E-state index is 13.9. The highest BCUT2D eigenvalue weighted by molar-refractivity contribution is 7.92. The standard InChI is InChI=1S/C27H23F2NO7S/c1-38(34,35)30(10-11-31)22-14-24-20(13-19(22)15-2-3-15)25(27(32)33)26(37-24)16-4-7-18(8-5-16)36-23-9-6-17(28)12-21(23)29/h4-9,12-15,31H,2-3,10-11H2,1H3,(H,32,33). The third-order valence-electron chi connectivity index (χ3n) is 6.28. The second kappa shape index (κ2) is 9.73. The van der Waals surface area contributed by atoms with Crippen LogP contribution in [-0.2, 0) is 10.0 Å². The summed E-state index contributed by atoms with van der Waals surface area (Å²) in [5, 5.41) is 19.9. The summed E-state index contributed by atoms with van der Waals surface area (Å²) in [6.45, 7) is -0.547. The Morgan fingerprint density at radius 2 is 1.82 bits per heavy atom. The second-order valence-electron chi connectivity index (χ2n) is 9.05. The molecule has 1 fully saturated rings. The average Bonchev–Trinajstić information content (AvgIpc) is 3.63. The summed E-state index contributed by atoms with van der Waals surface area (Å²) >= 11 is 0. The Bertz CT molecular complexity index is 1640. The van der Waals surface area contributed by atoms with Crippen LogP contribution in [0.4, 0.5) is 14.5 Å². The molecule has 3 aromatic carbocycles. The molecule has 0 saturated heterocycles. The van der Waals surface area contributed by atoms with Crippen molar-refractivity contribution in [3.8, 4) is 22.8 Å². The summed E-state index contributed by atoms with van der Waals surface area (Å²) in [7, 11) is -3.73. The quantitative estimate of drug-likeness (QED) is 0.286. The van der Waals surface area contributed by atoms with E-state index in [1.807, 2.05) is 0 Å². The minimum absolute atomic E-state index is 0.0546. The number of sulfonamides is 1. The molecule has 5 rings (SSSR count). The summed E-state index contributed by atoms with van der Waals surface area (Å²) in [4.78, 5) is 12.3. The third kappa shape index (κ3) is 4.94. The van der Waals surface area contributed by atoms with Gasteiger partial charge in [-0.1, -0.05) is 0 Å². The Morgan fingerprint density at radius 3 is 2.39 bits per heavy atom. The van der Waals surface area contributed by atoms with Gasteiger partial charge in [0.15, 0.2) is 11.6 Å². The van der Waals surface area contributed by atoms with Crippen molar-refractivity contribution >= 4 is 32.6 Å². The van der Waals surface area contributed by atoms with Gasteiger partial charge >= 0.3 is 5.97 Å². The van der Waals surface area contributed by atoms with Gasteiger partial charge in [0.1, 0.15) is 28.5 Å². The van der Waals surface area contributed by atoms with Crippen LogP contribution in [0, 0.1) is 11.6 Å². The third-order valence-corrected chi connectivity index (χ3v) is 7.46. The number of rotatable bonds is 9. The largest absolute Gasteiger partial charge is 0.478 e. The fourth-order valence-corrected chi connectivity index (χ4v) is 5.35. The van der Waals surface area contributed by atoms with Crippen molar-refractivity contribution in [2.24, 2.45) is 0 Å². The highest BCUT2D eigenvalue weighted by Gasteiger charge is 2.33. The summed E-state index contributed by atoms with van der Waals surface area (Å²) in [5.74, 6) is -2.64. The van der Waals surface area contributed by atoms with Crippen LogP contribution in [0.1, 0.15) is 34.7 Å². The number of carboxylic acids is 1. The zero-order chi connectivity index (χ0) is 27.2. The van der Waals surface area contributed by atoms with Gasteiger partial charge < -0.3 is 19.4 Å². The van der Waals surface area contributed by atoms with E-state index in [4.69, 9.17) is 9.15 Å². The van der Waals surface area contributed by atoms with E-state index in [-0.39, 0.29) is 40.9 Å². The molecule has 0 amide bonds. The molecule has 1 heterocycles. The van der Waals surface area contributed by atoms with E-state index >= 15 is 0 Å². The van der Waals surface area contributed by atoms with Crippen LogP contribution in [0.25, 0.3) is 22.3 Å². The summed E-state index contributed by atoms with van der Waals surface area (Å²) < 4.78 is 64.6. The summed E-state index contributed by atoms with van der Waals surface area (Å²) in [6.07, 6.45) is 2.71. The van der Waals surface area contributed by atoms with E-state index in [2.05, 4.69) is 0 Å². The molecule has 0 spiro atoms. The smallest absolute Gasteiger partial charge is 0.340 e. The van der Waals surface area contributed by atoms with Gasteiger partial charge in [0.05, 0.1) is 25.1 Å². The predicted molar refractivity (Wildman–Crippen MR) is 136 cm³/mol. The zero-order valence-electron chi connectivity index (χ0n) is 20.1. The van der Waals surface area contributed by atoms with Crippen LogP contribution in [0.3, 0.4) is 0 Å². The zero-order valence-corrected chi connectivity index (χ0v) is 21.0. The number of anilines is 1. The fraction of sp³-hybridized carbons (Fsp3) is 0.222. The van der Waals surface area contributed by atoms with Gasteiger partial charge in [-0.3, -0.25) is 4.31 Å². The molecular weight excluding hydrogens is 520 g/mol. The first-order valence-corrected chi connectivity index (χ1v) is 13.6. The number of carboxylic acid groups (broad SMARTS) is 1. The highest BCUT2D eigenvalue weighted by atomic mass is 32.2. The van der Waals surface area contributed by atoms with Crippen molar-refractivity contribution in [3.63, 3.8) is 0 Å². The molecule has 0 bridgehead atoms. The molecule has 8 nitrogen and oxygen atoms in total. The molecule has 11 heteroatoms. The number of aliphatic hydroxyl groups excluding tert-OH is 1. The number of nitrogens with zero attached hydrogens (tertiary/aromatic N) is 1. The van der Waals surface area contributed by atoms with E-state index in [0.717, 1.165) is 35.5 Å². The van der Waals surface area contributed by atoms with Gasteiger partial charge in [-0.15, -0.1) is 0 Å². The topological polar surface area (TPSA) is 117 Å². The van der Waals surface area contributed by atoms with Crippen molar-refractivity contribution < 1.29 is 41.4 Å². The Kier molecular flexibility index (Phi) is 6.58. The first kappa shape index (κ1) is 25.7. The number of carbonyl (C=O) groups is 1. The van der Waals surface area contributed by atoms with Crippen LogP contribution >= 0.6 is 0 Å². The van der Waals surface area contributed by atoms with Crippen molar-refractivity contribution in [2.75, 3.05) is 23.7 Å². The van der Waals surface area contributed by atoms with Crippen LogP contribution in [0.15, 0.2) is 59.0 Å². The lowest BCUT2D eigenvalue weighted by Crippen LogP contribution is -2.33. The van der Waals surface area contributed by atoms with Gasteiger partial charge in [-0.2, -0.15) is 0 Å². The van der Waals surface area contributed by atoms with Crippen LogP contribution in [0.5, 0.6) is 11.5 Å². The van der Waals surface area contributed by atoms with Gasteiger partial charge in [-0.25, -0.2) is 22.0 Å². The Labute approximate surface area is 216 Å². The monoisotopic (exact) mass is 543 g/mol. The maximum Gasteiger partial charge on any atom is 0.340 e. The lowest BCUT2D eigenvalue weighted by Gasteiger charge is -2.24. The number of hydrogen-bond acceptors (Lipinski definition) is 6. The molecule has 1 aromatic heterocycles. The minimum atomic E-state index is -3.73. The molecule has 0 radical (unpaired) electrons. The highest BCUT2D eigenvalue weighted by Crippen LogP contribution is 2.48. The van der Waals surface area contributed by atoms with Gasteiger partial charge in [0, 0.05) is 23.1 Å². The fourth-order valence-electron chi connectivity index (χ4n) is 4.42. The van der Waals surface area contributed by atoms with E-state index in [1.165, 1.54) is 30.3 Å². The van der Waals surface area contributed by atoms with Crippen LogP contribution < -0.4 is 9.04 Å². The molecule has 0 aliphatic heterocycles. The van der Waals surface area contributed by atoms with Crippen molar-refractivity contribution in [3.05, 3.63) is 77.4 Å². The van der Waals surface area contributed by atoms with Crippen molar-refractivity contribution in [1.82, 2.24) is 0 Å². The van der Waals surface area contributed by atoms with Crippen LogP contribution in [-0.4, -0.2) is 44.0 Å². The van der Waals surface area contributed by atoms with Crippen molar-refractivity contribution in [1.29, 1.82) is 0 Å². The molecular formula is C27H23F2NO7S. The summed E-state index contributed by atoms with van der Waals surface area (Å²) in [5.41, 5.74) is 1.52.